The lowest BCUT2D eigenvalue weighted by molar-refractivity contribution is -0.117. The number of amides is 1. The van der Waals surface area contributed by atoms with Crippen molar-refractivity contribution >= 4 is 11.6 Å². The lowest BCUT2D eigenvalue weighted by Crippen LogP contribution is -2.29. The first-order chi connectivity index (χ1) is 12.6. The number of para-hydroxylation sites is 1. The van der Waals surface area contributed by atoms with Crippen molar-refractivity contribution in [1.82, 2.24) is 9.78 Å². The molecule has 3 rings (SSSR count). The van der Waals surface area contributed by atoms with Gasteiger partial charge in [-0.3, -0.25) is 9.59 Å². The van der Waals surface area contributed by atoms with E-state index >= 15 is 0 Å². The SMILES string of the molecule is COc1cc(F)ccc1-c1ccc(=O)n(CC(=O)Nc2ccccc2)n1. The Labute approximate surface area is 148 Å². The number of anilines is 1. The average Bonchev–Trinajstić information content (AvgIpc) is 2.64. The molecule has 0 unspecified atom stereocenters. The van der Waals surface area contributed by atoms with E-state index in [1.165, 1.54) is 37.4 Å². The second-order valence-electron chi connectivity index (χ2n) is 5.47. The molecule has 0 aliphatic carbocycles. The van der Waals surface area contributed by atoms with Crippen molar-refractivity contribution in [2.24, 2.45) is 0 Å². The highest BCUT2D eigenvalue weighted by molar-refractivity contribution is 5.90. The van der Waals surface area contributed by atoms with Gasteiger partial charge in [-0.15, -0.1) is 0 Å². The number of methoxy groups -OCH3 is 1. The molecule has 1 amide bonds. The second kappa shape index (κ2) is 7.60. The maximum atomic E-state index is 13.4. The van der Waals surface area contributed by atoms with Crippen molar-refractivity contribution in [1.29, 1.82) is 0 Å². The molecule has 0 aliphatic rings. The topological polar surface area (TPSA) is 73.2 Å². The summed E-state index contributed by atoms with van der Waals surface area (Å²) in [5, 5.41) is 6.90. The van der Waals surface area contributed by atoms with E-state index < -0.39 is 11.4 Å². The van der Waals surface area contributed by atoms with Crippen LogP contribution in [0.1, 0.15) is 0 Å². The number of hydrogen-bond acceptors (Lipinski definition) is 4. The molecule has 0 saturated carbocycles. The van der Waals surface area contributed by atoms with Crippen LogP contribution < -0.4 is 15.6 Å². The maximum Gasteiger partial charge on any atom is 0.267 e. The number of ether oxygens (including phenoxy) is 1. The molecule has 132 valence electrons. The highest BCUT2D eigenvalue weighted by atomic mass is 19.1. The van der Waals surface area contributed by atoms with Gasteiger partial charge in [0.2, 0.25) is 5.91 Å². The Morgan fingerprint density at radius 2 is 1.92 bits per heavy atom. The molecule has 1 aromatic heterocycles. The van der Waals surface area contributed by atoms with E-state index in [0.717, 1.165) is 4.68 Å². The Kier molecular flexibility index (Phi) is 5.07. The summed E-state index contributed by atoms with van der Waals surface area (Å²) in [7, 11) is 1.42. The Morgan fingerprint density at radius 1 is 1.15 bits per heavy atom. The molecule has 0 bridgehead atoms. The molecule has 0 saturated heterocycles. The highest BCUT2D eigenvalue weighted by Crippen LogP contribution is 2.28. The minimum absolute atomic E-state index is 0.245. The van der Waals surface area contributed by atoms with Crippen LogP contribution in [0.3, 0.4) is 0 Å². The Balaban J connectivity index is 1.86. The van der Waals surface area contributed by atoms with Crippen LogP contribution in [0.25, 0.3) is 11.3 Å². The van der Waals surface area contributed by atoms with Crippen molar-refractivity contribution in [3.63, 3.8) is 0 Å². The van der Waals surface area contributed by atoms with Gasteiger partial charge in [-0.2, -0.15) is 5.10 Å². The van der Waals surface area contributed by atoms with Crippen LogP contribution in [-0.2, 0) is 11.3 Å². The van der Waals surface area contributed by atoms with Crippen LogP contribution in [0, 0.1) is 5.82 Å². The zero-order chi connectivity index (χ0) is 18.5. The Morgan fingerprint density at radius 3 is 2.65 bits per heavy atom. The van der Waals surface area contributed by atoms with E-state index in [4.69, 9.17) is 4.74 Å². The first-order valence-corrected chi connectivity index (χ1v) is 7.84. The molecule has 0 spiro atoms. The number of nitrogens with zero attached hydrogens (tertiary/aromatic N) is 2. The monoisotopic (exact) mass is 353 g/mol. The van der Waals surface area contributed by atoms with Gasteiger partial charge in [0.1, 0.15) is 18.1 Å². The minimum atomic E-state index is -0.443. The molecule has 0 aliphatic heterocycles. The van der Waals surface area contributed by atoms with Crippen molar-refractivity contribution in [3.8, 4) is 17.0 Å². The first kappa shape index (κ1) is 17.3. The molecular formula is C19H16FN3O3. The number of benzene rings is 2. The zero-order valence-electron chi connectivity index (χ0n) is 14.0. The molecule has 1 heterocycles. The van der Waals surface area contributed by atoms with E-state index in [1.807, 2.05) is 6.07 Å². The van der Waals surface area contributed by atoms with Crippen LogP contribution in [0.2, 0.25) is 0 Å². The van der Waals surface area contributed by atoms with Crippen LogP contribution in [-0.4, -0.2) is 22.8 Å². The summed E-state index contributed by atoms with van der Waals surface area (Å²) in [5.41, 5.74) is 1.13. The van der Waals surface area contributed by atoms with E-state index in [0.29, 0.717) is 16.9 Å². The van der Waals surface area contributed by atoms with Gasteiger partial charge in [0, 0.05) is 23.4 Å². The highest BCUT2D eigenvalue weighted by Gasteiger charge is 2.12. The molecule has 0 fully saturated rings. The van der Waals surface area contributed by atoms with Gasteiger partial charge < -0.3 is 10.1 Å². The summed E-state index contributed by atoms with van der Waals surface area (Å²) in [6.07, 6.45) is 0. The molecule has 2 aromatic carbocycles. The van der Waals surface area contributed by atoms with Crippen molar-refractivity contribution < 1.29 is 13.9 Å². The largest absolute Gasteiger partial charge is 0.496 e. The van der Waals surface area contributed by atoms with Gasteiger partial charge >= 0.3 is 0 Å². The first-order valence-electron chi connectivity index (χ1n) is 7.84. The Hall–Kier alpha value is -3.48. The number of aromatic nitrogens is 2. The molecule has 26 heavy (non-hydrogen) atoms. The van der Waals surface area contributed by atoms with Crippen LogP contribution in [0.5, 0.6) is 5.75 Å². The van der Waals surface area contributed by atoms with Crippen molar-refractivity contribution in [3.05, 3.63) is 76.8 Å². The molecule has 6 nitrogen and oxygen atoms in total. The van der Waals surface area contributed by atoms with Gasteiger partial charge in [-0.25, -0.2) is 9.07 Å². The molecule has 1 N–H and O–H groups in total. The molecule has 3 aromatic rings. The van der Waals surface area contributed by atoms with Crippen molar-refractivity contribution in [2.75, 3.05) is 12.4 Å². The summed E-state index contributed by atoms with van der Waals surface area (Å²) in [6.45, 7) is -0.245. The zero-order valence-corrected chi connectivity index (χ0v) is 14.0. The van der Waals surface area contributed by atoms with Gasteiger partial charge in [-0.1, -0.05) is 18.2 Å². The molecular weight excluding hydrogens is 337 g/mol. The molecule has 0 radical (unpaired) electrons. The van der Waals surface area contributed by atoms with E-state index in [2.05, 4.69) is 10.4 Å². The second-order valence-corrected chi connectivity index (χ2v) is 5.47. The van der Waals surface area contributed by atoms with Crippen molar-refractivity contribution in [2.45, 2.75) is 6.54 Å². The number of halogens is 1. The number of nitrogens with one attached hydrogen (secondary N) is 1. The average molecular weight is 353 g/mol. The number of carbonyl (C=O) groups excluding carboxylic acids is 1. The molecule has 0 atom stereocenters. The lowest BCUT2D eigenvalue weighted by Gasteiger charge is -2.10. The minimum Gasteiger partial charge on any atom is -0.496 e. The molecule has 7 heteroatoms. The lowest BCUT2D eigenvalue weighted by atomic mass is 10.1. The maximum absolute atomic E-state index is 13.4. The number of hydrogen-bond donors (Lipinski definition) is 1. The smallest absolute Gasteiger partial charge is 0.267 e. The van der Waals surface area contributed by atoms with Gasteiger partial charge in [0.25, 0.3) is 5.56 Å². The summed E-state index contributed by atoms with van der Waals surface area (Å²) in [5.74, 6) is -0.536. The summed E-state index contributed by atoms with van der Waals surface area (Å²) in [4.78, 5) is 24.2. The normalized spacial score (nSPS) is 10.4. The summed E-state index contributed by atoms with van der Waals surface area (Å²) >= 11 is 0. The van der Waals surface area contributed by atoms with Gasteiger partial charge in [0.05, 0.1) is 12.8 Å². The fourth-order valence-corrected chi connectivity index (χ4v) is 2.44. The van der Waals surface area contributed by atoms with Gasteiger partial charge in [-0.05, 0) is 30.3 Å². The summed E-state index contributed by atoms with van der Waals surface area (Å²) in [6, 6.07) is 15.7. The third-order valence-electron chi connectivity index (χ3n) is 3.66. The van der Waals surface area contributed by atoms with Gasteiger partial charge in [0.15, 0.2) is 0 Å². The predicted octanol–water partition coefficient (Wildman–Crippen LogP) is 2.70. The number of carbonyl (C=O) groups is 1. The van der Waals surface area contributed by atoms with Crippen LogP contribution >= 0.6 is 0 Å². The van der Waals surface area contributed by atoms with E-state index in [1.54, 1.807) is 24.3 Å². The third-order valence-corrected chi connectivity index (χ3v) is 3.66. The fourth-order valence-electron chi connectivity index (χ4n) is 2.44. The van der Waals surface area contributed by atoms with E-state index in [9.17, 15) is 14.0 Å². The number of rotatable bonds is 5. The van der Waals surface area contributed by atoms with E-state index in [-0.39, 0.29) is 18.2 Å². The fraction of sp³-hybridized carbons (Fsp3) is 0.105. The third kappa shape index (κ3) is 3.94. The Bertz CT molecular complexity index is 987. The summed E-state index contributed by atoms with van der Waals surface area (Å²) < 4.78 is 19.6. The van der Waals surface area contributed by atoms with Crippen LogP contribution in [0.4, 0.5) is 10.1 Å². The quantitative estimate of drug-likeness (QED) is 0.765. The standard InChI is InChI=1S/C19H16FN3O3/c1-26-17-11-13(20)7-8-15(17)16-9-10-19(25)23(22-16)12-18(24)21-14-5-3-2-4-6-14/h2-11H,12H2,1H3,(H,21,24). The van der Waals surface area contributed by atoms with Crippen LogP contribution in [0.15, 0.2) is 65.5 Å². The predicted molar refractivity (Wildman–Crippen MR) is 95.5 cm³/mol.